The Kier molecular flexibility index (Phi) is 3.78. The summed E-state index contributed by atoms with van der Waals surface area (Å²) in [6.07, 6.45) is 0. The molecule has 0 saturated carbocycles. The van der Waals surface area contributed by atoms with Crippen LogP contribution in [-0.4, -0.2) is 17.7 Å². The van der Waals surface area contributed by atoms with Crippen LogP contribution in [0.5, 0.6) is 5.75 Å². The predicted octanol–water partition coefficient (Wildman–Crippen LogP) is 1.68. The largest absolute Gasteiger partial charge is 0.480 e. The third-order valence-corrected chi connectivity index (χ3v) is 2.05. The first-order valence-electron chi connectivity index (χ1n) is 4.46. The molecular weight excluding hydrogens is 220 g/mol. The van der Waals surface area contributed by atoms with Crippen LogP contribution >= 0.6 is 0 Å². The summed E-state index contributed by atoms with van der Waals surface area (Å²) in [7, 11) is 0. The molecule has 0 heterocycles. The molecule has 4 nitrogen and oxygen atoms in total. The molecule has 1 rings (SSSR count). The van der Waals surface area contributed by atoms with Crippen molar-refractivity contribution in [1.82, 2.24) is 0 Å². The number of carboxylic acids is 1. The van der Waals surface area contributed by atoms with Crippen molar-refractivity contribution in [3.63, 3.8) is 0 Å². The van der Waals surface area contributed by atoms with Crippen LogP contribution in [0.3, 0.4) is 0 Å². The molecule has 1 aromatic carbocycles. The maximum absolute atomic E-state index is 12.1. The maximum Gasteiger partial charge on any atom is 0.387 e. The van der Waals surface area contributed by atoms with Gasteiger partial charge in [0.2, 0.25) is 0 Å². The normalized spacial score (nSPS) is 12.6. The number of alkyl halides is 2. The molecule has 6 heteroatoms. The number of nitrogens with two attached hydrogens (primary N) is 1. The first-order chi connectivity index (χ1) is 7.43. The van der Waals surface area contributed by atoms with E-state index < -0.39 is 18.6 Å². The van der Waals surface area contributed by atoms with Gasteiger partial charge in [0, 0.05) is 5.56 Å². The first kappa shape index (κ1) is 12.4. The molecule has 0 fully saturated rings. The third-order valence-electron chi connectivity index (χ3n) is 2.05. The van der Waals surface area contributed by atoms with Crippen molar-refractivity contribution in [2.45, 2.75) is 19.6 Å². The molecule has 0 saturated heterocycles. The van der Waals surface area contributed by atoms with E-state index in [4.69, 9.17) is 10.8 Å². The Bertz CT molecular complexity index is 396. The van der Waals surface area contributed by atoms with E-state index >= 15 is 0 Å². The van der Waals surface area contributed by atoms with Gasteiger partial charge in [-0.2, -0.15) is 8.78 Å². The second-order valence-corrected chi connectivity index (χ2v) is 3.19. The highest BCUT2D eigenvalue weighted by atomic mass is 19.3. The van der Waals surface area contributed by atoms with Gasteiger partial charge in [-0.25, -0.2) is 0 Å². The van der Waals surface area contributed by atoms with Crippen LogP contribution < -0.4 is 10.5 Å². The van der Waals surface area contributed by atoms with Crippen molar-refractivity contribution >= 4 is 5.97 Å². The number of rotatable bonds is 4. The van der Waals surface area contributed by atoms with E-state index in [-0.39, 0.29) is 11.3 Å². The summed E-state index contributed by atoms with van der Waals surface area (Å²) >= 11 is 0. The zero-order valence-electron chi connectivity index (χ0n) is 8.48. The van der Waals surface area contributed by atoms with Crippen LogP contribution in [0.25, 0.3) is 0 Å². The summed E-state index contributed by atoms with van der Waals surface area (Å²) in [5, 5.41) is 8.72. The number of carboxylic acid groups (broad SMARTS) is 1. The second-order valence-electron chi connectivity index (χ2n) is 3.19. The Morgan fingerprint density at radius 2 is 2.12 bits per heavy atom. The van der Waals surface area contributed by atoms with Crippen molar-refractivity contribution in [3.05, 3.63) is 29.3 Å². The summed E-state index contributed by atoms with van der Waals surface area (Å²) in [5.41, 5.74) is 5.81. The summed E-state index contributed by atoms with van der Waals surface area (Å²) < 4.78 is 28.5. The number of hydrogen-bond donors (Lipinski definition) is 2. The van der Waals surface area contributed by atoms with E-state index in [2.05, 4.69) is 4.74 Å². The lowest BCUT2D eigenvalue weighted by atomic mass is 10.0. The summed E-state index contributed by atoms with van der Waals surface area (Å²) in [6.45, 7) is -1.48. The molecule has 88 valence electrons. The van der Waals surface area contributed by atoms with E-state index in [1.807, 2.05) is 0 Å². The molecule has 1 atom stereocenters. The molecule has 16 heavy (non-hydrogen) atoms. The minimum atomic E-state index is -3.01. The predicted molar refractivity (Wildman–Crippen MR) is 52.4 cm³/mol. The Balaban J connectivity index is 3.17. The highest BCUT2D eigenvalue weighted by molar-refractivity contribution is 5.76. The average molecular weight is 231 g/mol. The lowest BCUT2D eigenvalue weighted by molar-refractivity contribution is -0.138. The Hall–Kier alpha value is -1.69. The lowest BCUT2D eigenvalue weighted by Gasteiger charge is -2.15. The van der Waals surface area contributed by atoms with Crippen molar-refractivity contribution in [2.75, 3.05) is 0 Å². The van der Waals surface area contributed by atoms with Gasteiger partial charge in [-0.05, 0) is 12.5 Å². The average Bonchev–Trinajstić information content (AvgIpc) is 2.19. The van der Waals surface area contributed by atoms with E-state index in [0.29, 0.717) is 5.56 Å². The van der Waals surface area contributed by atoms with Gasteiger partial charge in [0.05, 0.1) is 0 Å². The molecule has 0 bridgehead atoms. The number of benzene rings is 1. The van der Waals surface area contributed by atoms with Crippen LogP contribution in [0.15, 0.2) is 18.2 Å². The Morgan fingerprint density at radius 1 is 1.50 bits per heavy atom. The van der Waals surface area contributed by atoms with Gasteiger partial charge < -0.3 is 15.6 Å². The summed E-state index contributed by atoms with van der Waals surface area (Å²) in [5.74, 6) is -1.47. The van der Waals surface area contributed by atoms with E-state index in [1.54, 1.807) is 0 Å². The zero-order chi connectivity index (χ0) is 12.3. The molecule has 0 radical (unpaired) electrons. The standard InChI is InChI=1S/C10H11F2NO3/c1-5-3-2-4-6(7(13)9(14)15)8(5)16-10(11)12/h2-4,7,10H,13H2,1H3,(H,14,15). The summed E-state index contributed by atoms with van der Waals surface area (Å²) in [4.78, 5) is 10.7. The minimum Gasteiger partial charge on any atom is -0.480 e. The number of aliphatic carboxylic acids is 1. The number of halogens is 2. The molecule has 1 unspecified atom stereocenters. The number of hydrogen-bond acceptors (Lipinski definition) is 3. The fourth-order valence-electron chi connectivity index (χ4n) is 1.30. The van der Waals surface area contributed by atoms with Crippen LogP contribution in [0.4, 0.5) is 8.78 Å². The number of aryl methyl sites for hydroxylation is 1. The molecule has 0 aliphatic carbocycles. The minimum absolute atomic E-state index is 0.0350. The van der Waals surface area contributed by atoms with Crippen LogP contribution in [0.1, 0.15) is 17.2 Å². The molecule has 0 spiro atoms. The van der Waals surface area contributed by atoms with Gasteiger partial charge in [0.25, 0.3) is 0 Å². The molecule has 1 aromatic rings. The fourth-order valence-corrected chi connectivity index (χ4v) is 1.30. The number of carbonyl (C=O) groups is 1. The van der Waals surface area contributed by atoms with Gasteiger partial charge in [-0.1, -0.05) is 18.2 Å². The highest BCUT2D eigenvalue weighted by Crippen LogP contribution is 2.29. The first-order valence-corrected chi connectivity index (χ1v) is 4.46. The molecular formula is C10H11F2NO3. The van der Waals surface area contributed by atoms with Crippen molar-refractivity contribution in [2.24, 2.45) is 5.73 Å². The Labute approximate surface area is 90.6 Å². The van der Waals surface area contributed by atoms with Gasteiger partial charge >= 0.3 is 12.6 Å². The third kappa shape index (κ3) is 2.66. The van der Waals surface area contributed by atoms with Crippen molar-refractivity contribution in [1.29, 1.82) is 0 Å². The topological polar surface area (TPSA) is 72.6 Å². The van der Waals surface area contributed by atoms with Crippen LogP contribution in [0.2, 0.25) is 0 Å². The zero-order valence-corrected chi connectivity index (χ0v) is 8.48. The fraction of sp³-hybridized carbons (Fsp3) is 0.300. The van der Waals surface area contributed by atoms with E-state index in [9.17, 15) is 13.6 Å². The van der Waals surface area contributed by atoms with Crippen molar-refractivity contribution < 1.29 is 23.4 Å². The summed E-state index contributed by atoms with van der Waals surface area (Å²) in [6, 6.07) is 3.04. The number of para-hydroxylation sites is 1. The smallest absolute Gasteiger partial charge is 0.387 e. The quantitative estimate of drug-likeness (QED) is 0.826. The molecule has 0 aliphatic heterocycles. The van der Waals surface area contributed by atoms with E-state index in [0.717, 1.165) is 0 Å². The molecule has 0 aromatic heterocycles. The van der Waals surface area contributed by atoms with E-state index in [1.165, 1.54) is 25.1 Å². The monoisotopic (exact) mass is 231 g/mol. The van der Waals surface area contributed by atoms with Gasteiger partial charge in [-0.3, -0.25) is 4.79 Å². The maximum atomic E-state index is 12.1. The SMILES string of the molecule is Cc1cccc(C(N)C(=O)O)c1OC(F)F. The van der Waals surface area contributed by atoms with Gasteiger partial charge in [0.1, 0.15) is 11.8 Å². The van der Waals surface area contributed by atoms with Gasteiger partial charge in [-0.15, -0.1) is 0 Å². The molecule has 0 aliphatic rings. The van der Waals surface area contributed by atoms with Crippen LogP contribution in [0, 0.1) is 6.92 Å². The lowest BCUT2D eigenvalue weighted by Crippen LogP contribution is -2.22. The van der Waals surface area contributed by atoms with Gasteiger partial charge in [0.15, 0.2) is 0 Å². The highest BCUT2D eigenvalue weighted by Gasteiger charge is 2.21. The van der Waals surface area contributed by atoms with Crippen LogP contribution in [-0.2, 0) is 4.79 Å². The Morgan fingerprint density at radius 3 is 2.62 bits per heavy atom. The molecule has 3 N–H and O–H groups in total. The van der Waals surface area contributed by atoms with Crippen molar-refractivity contribution in [3.8, 4) is 5.75 Å². The second kappa shape index (κ2) is 4.89. The molecule has 0 amide bonds. The number of ether oxygens (including phenoxy) is 1.